The first kappa shape index (κ1) is 25.6. The van der Waals surface area contributed by atoms with Gasteiger partial charge >= 0.3 is 0 Å². The monoisotopic (exact) mass is 648 g/mol. The Morgan fingerprint density at radius 1 is 0.475 bits per heavy atom. The van der Waals surface area contributed by atoms with Crippen molar-refractivity contribution in [3.8, 4) is 11.4 Å². The second-order valence-electron chi connectivity index (χ2n) is 12.0. The summed E-state index contributed by atoms with van der Waals surface area (Å²) in [6.07, 6.45) is 0. The van der Waals surface area contributed by atoms with Crippen molar-refractivity contribution in [1.82, 2.24) is 9.13 Å². The first-order valence-electron chi connectivity index (χ1n) is 13.7. The van der Waals surface area contributed by atoms with E-state index in [4.69, 9.17) is 0 Å². The zero-order valence-electron chi connectivity index (χ0n) is 23.3. The van der Waals surface area contributed by atoms with Crippen LogP contribution in [0.25, 0.3) is 55.0 Å². The van der Waals surface area contributed by atoms with Crippen molar-refractivity contribution in [2.24, 2.45) is 0 Å². The van der Waals surface area contributed by atoms with Crippen molar-refractivity contribution < 1.29 is 0 Å². The van der Waals surface area contributed by atoms with Crippen LogP contribution in [0.1, 0.15) is 37.5 Å². The quantitative estimate of drug-likeness (QED) is 0.176. The van der Waals surface area contributed by atoms with E-state index in [-0.39, 0.29) is 5.41 Å². The third-order valence-corrected chi connectivity index (χ3v) is 9.04. The lowest BCUT2D eigenvalue weighted by atomic mass is 9.86. The minimum Gasteiger partial charge on any atom is -0.309 e. The summed E-state index contributed by atoms with van der Waals surface area (Å²) in [5.41, 5.74) is 11.0. The molecule has 0 spiro atoms. The molecule has 0 aliphatic carbocycles. The third-order valence-electron chi connectivity index (χ3n) is 8.05. The summed E-state index contributed by atoms with van der Waals surface area (Å²) in [5.74, 6) is 0. The molecule has 0 aliphatic rings. The molecule has 7 rings (SSSR count). The van der Waals surface area contributed by atoms with Gasteiger partial charge in [0.15, 0.2) is 0 Å². The molecule has 0 amide bonds. The van der Waals surface area contributed by atoms with E-state index < -0.39 is 0 Å². The highest BCUT2D eigenvalue weighted by molar-refractivity contribution is 9.10. The van der Waals surface area contributed by atoms with Gasteiger partial charge in [-0.05, 0) is 104 Å². The van der Waals surface area contributed by atoms with E-state index in [0.717, 1.165) is 8.95 Å². The average molecular weight is 650 g/mol. The van der Waals surface area contributed by atoms with Gasteiger partial charge in [-0.15, -0.1) is 0 Å². The lowest BCUT2D eigenvalue weighted by Gasteiger charge is -2.23. The number of aryl methyl sites for hydroxylation is 2. The van der Waals surface area contributed by atoms with Gasteiger partial charge in [-0.1, -0.05) is 75.9 Å². The van der Waals surface area contributed by atoms with Crippen LogP contribution in [-0.2, 0) is 5.41 Å². The second-order valence-corrected chi connectivity index (χ2v) is 13.9. The molecule has 2 heterocycles. The first-order chi connectivity index (χ1) is 19.1. The van der Waals surface area contributed by atoms with Crippen molar-refractivity contribution in [2.45, 2.75) is 40.0 Å². The van der Waals surface area contributed by atoms with Crippen LogP contribution in [0.15, 0.2) is 99.9 Å². The van der Waals surface area contributed by atoms with Crippen LogP contribution >= 0.6 is 31.9 Å². The highest BCUT2D eigenvalue weighted by atomic mass is 79.9. The predicted molar refractivity (Wildman–Crippen MR) is 179 cm³/mol. The first-order valence-corrected chi connectivity index (χ1v) is 15.2. The molecule has 2 aromatic heterocycles. The molecule has 0 bridgehead atoms. The Balaban J connectivity index is 1.61. The Hall–Kier alpha value is -3.34. The van der Waals surface area contributed by atoms with E-state index >= 15 is 0 Å². The van der Waals surface area contributed by atoms with Crippen LogP contribution < -0.4 is 0 Å². The average Bonchev–Trinajstić information content (AvgIpc) is 3.39. The second kappa shape index (κ2) is 9.09. The molecule has 4 heteroatoms. The van der Waals surface area contributed by atoms with Crippen LogP contribution in [0.3, 0.4) is 0 Å². The van der Waals surface area contributed by atoms with E-state index in [0.29, 0.717) is 0 Å². The predicted octanol–water partition coefficient (Wildman–Crippen LogP) is 11.3. The zero-order valence-corrected chi connectivity index (χ0v) is 26.5. The van der Waals surface area contributed by atoms with E-state index in [9.17, 15) is 0 Å². The lowest BCUT2D eigenvalue weighted by molar-refractivity contribution is 0.589. The fraction of sp³-hybridized carbons (Fsp3) is 0.167. The number of aromatic nitrogens is 2. The van der Waals surface area contributed by atoms with Crippen LogP contribution in [0.4, 0.5) is 0 Å². The number of rotatable bonds is 2. The molecular formula is C36H30Br2N2. The van der Waals surface area contributed by atoms with Gasteiger partial charge in [0, 0.05) is 41.9 Å². The molecule has 40 heavy (non-hydrogen) atoms. The van der Waals surface area contributed by atoms with E-state index in [1.807, 2.05) is 0 Å². The molecule has 7 aromatic rings. The number of hydrogen-bond donors (Lipinski definition) is 0. The van der Waals surface area contributed by atoms with Gasteiger partial charge in [-0.25, -0.2) is 0 Å². The topological polar surface area (TPSA) is 9.86 Å². The lowest BCUT2D eigenvalue weighted by Crippen LogP contribution is -2.13. The van der Waals surface area contributed by atoms with Crippen LogP contribution in [-0.4, -0.2) is 9.13 Å². The van der Waals surface area contributed by atoms with Gasteiger partial charge in [-0.3, -0.25) is 0 Å². The van der Waals surface area contributed by atoms with Crippen LogP contribution in [0.2, 0.25) is 0 Å². The molecule has 0 atom stereocenters. The van der Waals surface area contributed by atoms with Gasteiger partial charge in [0.1, 0.15) is 0 Å². The van der Waals surface area contributed by atoms with E-state index in [1.165, 1.54) is 71.7 Å². The van der Waals surface area contributed by atoms with Crippen LogP contribution in [0, 0.1) is 13.8 Å². The van der Waals surface area contributed by atoms with Gasteiger partial charge in [0.05, 0.1) is 22.1 Å². The fourth-order valence-corrected chi connectivity index (χ4v) is 6.78. The fourth-order valence-electron chi connectivity index (χ4n) is 6.06. The standard InChI is InChI=1S/C36H30Br2N2/c1-21-6-10-32-28(14-21)30-18-24(37)8-12-34(30)39(32)26-16-23(36(3,4)5)17-27(20-26)40-33-11-7-22(2)15-29(33)31-19-25(38)9-13-35(31)40/h6-20H,1-5H3. The number of fused-ring (bicyclic) bond motifs is 6. The normalized spacial score (nSPS) is 12.4. The molecule has 0 aliphatic heterocycles. The minimum atomic E-state index is -0.0263. The molecule has 0 fully saturated rings. The minimum absolute atomic E-state index is 0.0263. The molecule has 2 nitrogen and oxygen atoms in total. The Morgan fingerprint density at radius 2 is 0.850 bits per heavy atom. The third kappa shape index (κ3) is 4.03. The Morgan fingerprint density at radius 3 is 1.25 bits per heavy atom. The van der Waals surface area contributed by atoms with E-state index in [2.05, 4.69) is 167 Å². The summed E-state index contributed by atoms with van der Waals surface area (Å²) in [5, 5.41) is 5.06. The summed E-state index contributed by atoms with van der Waals surface area (Å²) in [7, 11) is 0. The molecule has 5 aromatic carbocycles. The molecule has 0 radical (unpaired) electrons. The number of halogens is 2. The van der Waals surface area contributed by atoms with Crippen molar-refractivity contribution in [2.75, 3.05) is 0 Å². The smallest absolute Gasteiger partial charge is 0.0541 e. The van der Waals surface area contributed by atoms with Crippen molar-refractivity contribution in [3.63, 3.8) is 0 Å². The summed E-state index contributed by atoms with van der Waals surface area (Å²) >= 11 is 7.44. The maximum absolute atomic E-state index is 3.72. The molecule has 0 saturated carbocycles. The highest BCUT2D eigenvalue weighted by Crippen LogP contribution is 2.39. The largest absolute Gasteiger partial charge is 0.309 e. The number of benzene rings is 5. The highest BCUT2D eigenvalue weighted by Gasteiger charge is 2.21. The Bertz CT molecular complexity index is 1870. The zero-order chi connectivity index (χ0) is 27.9. The Labute approximate surface area is 251 Å². The van der Waals surface area contributed by atoms with Crippen molar-refractivity contribution >= 4 is 75.5 Å². The molecule has 0 saturated heterocycles. The van der Waals surface area contributed by atoms with Gasteiger partial charge in [-0.2, -0.15) is 0 Å². The summed E-state index contributed by atoms with van der Waals surface area (Å²) < 4.78 is 7.06. The maximum atomic E-state index is 3.72. The molecular weight excluding hydrogens is 620 g/mol. The molecule has 198 valence electrons. The summed E-state index contributed by atoms with van der Waals surface area (Å²) in [6.45, 7) is 11.2. The summed E-state index contributed by atoms with van der Waals surface area (Å²) in [4.78, 5) is 0. The molecule has 0 unspecified atom stereocenters. The van der Waals surface area contributed by atoms with E-state index in [1.54, 1.807) is 0 Å². The summed E-state index contributed by atoms with van der Waals surface area (Å²) in [6, 6.07) is 33.9. The number of nitrogens with zero attached hydrogens (tertiary/aromatic N) is 2. The number of hydrogen-bond acceptors (Lipinski definition) is 0. The van der Waals surface area contributed by atoms with Crippen molar-refractivity contribution in [1.29, 1.82) is 0 Å². The van der Waals surface area contributed by atoms with Crippen molar-refractivity contribution in [3.05, 3.63) is 117 Å². The van der Waals surface area contributed by atoms with Gasteiger partial charge < -0.3 is 9.13 Å². The SMILES string of the molecule is Cc1ccc2c(c1)c1cc(Br)ccc1n2-c1cc(-n2c3ccc(C)cc3c3cc(Br)ccc32)cc(C(C)(C)C)c1. The molecule has 0 N–H and O–H groups in total. The van der Waals surface area contributed by atoms with Crippen LogP contribution in [0.5, 0.6) is 0 Å². The van der Waals surface area contributed by atoms with Gasteiger partial charge in [0.2, 0.25) is 0 Å². The Kier molecular flexibility index (Phi) is 5.82. The maximum Gasteiger partial charge on any atom is 0.0541 e. The van der Waals surface area contributed by atoms with Gasteiger partial charge in [0.25, 0.3) is 0 Å².